The molecule has 20 N–H and O–H groups in total. The Morgan fingerprint density at radius 1 is 0.611 bits per heavy atom. The standard InChI is InChI=1S/C63H107N15O17/c1-16-34(6)44-56(91)73-40(29-79)49(84)67-28-43(82)68-41(30-80)54(89)72-42(31-81)55(90)76-45(35-21-18-17-19-22-35)46(77-53(88)38(26-61(7,8)9)71-52(87)39(27-62(10,11)12)74-60(94)95-63(13,14)15)57(92)78-47(48(83)33(4)5)58(93)70-37(25-32(2)3)51(86)69-36(50(85)75-44)23-20-24-66-59(64)65/h17-19,21-22,32-34,36-42,44-48,79-81,83H,16,20,23-31H2,1-15H3,(H,67,84)(H,68,82)(H,69,86)(H,70,93)(H,71,87)(H,72,89)(H,73,91)(H,74,94)(H,75,85)(H,76,90)(H,77,88)(H,78,92)(H4,64,65,66)/t34-,36+,37-,38-,39+,40-,41-,42?,44-,45+,46-,47-,48+/m0/s1. The molecule has 536 valence electrons. The lowest BCUT2D eigenvalue weighted by molar-refractivity contribution is -0.139. The Morgan fingerprint density at radius 2 is 1.08 bits per heavy atom. The fourth-order valence-electron chi connectivity index (χ4n) is 9.77. The zero-order chi connectivity index (χ0) is 72.5. The third kappa shape index (κ3) is 29.5. The summed E-state index contributed by atoms with van der Waals surface area (Å²) in [6.45, 7) is 21.0. The van der Waals surface area contributed by atoms with Gasteiger partial charge in [0.25, 0.3) is 0 Å². The Bertz CT molecular complexity index is 2790. The van der Waals surface area contributed by atoms with Crippen molar-refractivity contribution in [1.82, 2.24) is 69.1 Å². The van der Waals surface area contributed by atoms with Gasteiger partial charge in [-0.3, -0.25) is 58.1 Å². The van der Waals surface area contributed by atoms with E-state index in [2.05, 4.69) is 69.1 Å². The van der Waals surface area contributed by atoms with E-state index in [1.807, 2.05) is 20.8 Å². The maximum atomic E-state index is 15.6. The first-order valence-corrected chi connectivity index (χ1v) is 32.0. The first-order valence-electron chi connectivity index (χ1n) is 32.0. The third-order valence-corrected chi connectivity index (χ3v) is 14.9. The quantitative estimate of drug-likeness (QED) is 0.0342. The summed E-state index contributed by atoms with van der Waals surface area (Å²) in [6, 6.07) is -11.4. The second-order valence-corrected chi connectivity index (χ2v) is 28.0. The minimum Gasteiger partial charge on any atom is -0.444 e. The van der Waals surface area contributed by atoms with Crippen molar-refractivity contribution in [3.63, 3.8) is 0 Å². The van der Waals surface area contributed by atoms with E-state index in [9.17, 15) is 63.6 Å². The van der Waals surface area contributed by atoms with E-state index in [0.717, 1.165) is 0 Å². The van der Waals surface area contributed by atoms with Crippen molar-refractivity contribution < 1.29 is 82.7 Å². The molecule has 0 aromatic heterocycles. The lowest BCUT2D eigenvalue weighted by Crippen LogP contribution is -2.65. The van der Waals surface area contributed by atoms with E-state index in [0.29, 0.717) is 0 Å². The largest absolute Gasteiger partial charge is 0.444 e. The van der Waals surface area contributed by atoms with Gasteiger partial charge in [-0.15, -0.1) is 0 Å². The molecule has 1 aliphatic rings. The summed E-state index contributed by atoms with van der Waals surface area (Å²) in [4.78, 5) is 172. The molecular formula is C63H107N15O17. The summed E-state index contributed by atoms with van der Waals surface area (Å²) in [5.74, 6) is -14.3. The molecule has 32 heteroatoms. The number of carbonyl (C=O) groups excluding carboxylic acids is 12. The molecule has 13 atom stereocenters. The van der Waals surface area contributed by atoms with Crippen LogP contribution in [-0.4, -0.2) is 202 Å². The molecular weight excluding hydrogens is 1240 g/mol. The highest BCUT2D eigenvalue weighted by molar-refractivity contribution is 6.00. The van der Waals surface area contributed by atoms with Gasteiger partial charge in [-0.05, 0) is 87.0 Å². The second kappa shape index (κ2) is 38.4. The number of aliphatic hydroxyl groups excluding tert-OH is 4. The molecule has 12 amide bonds. The minimum atomic E-state index is -2.10. The molecule has 1 heterocycles. The molecule has 95 heavy (non-hydrogen) atoms. The van der Waals surface area contributed by atoms with Gasteiger partial charge in [-0.2, -0.15) is 0 Å². The summed E-state index contributed by atoms with van der Waals surface area (Å²) >= 11 is 0. The molecule has 1 aromatic rings. The number of guanidine groups is 1. The second-order valence-electron chi connectivity index (χ2n) is 28.0. The fourth-order valence-corrected chi connectivity index (χ4v) is 9.77. The molecule has 0 radical (unpaired) electrons. The lowest BCUT2D eigenvalue weighted by Gasteiger charge is -2.35. The van der Waals surface area contributed by atoms with Crippen molar-refractivity contribution in [1.29, 1.82) is 5.41 Å². The number of hydrogen-bond acceptors (Lipinski definition) is 18. The molecule has 0 saturated carbocycles. The molecule has 0 spiro atoms. The first kappa shape index (κ1) is 82.9. The number of rotatable bonds is 21. The van der Waals surface area contributed by atoms with Crippen molar-refractivity contribution in [3.8, 4) is 0 Å². The van der Waals surface area contributed by atoms with E-state index in [1.54, 1.807) is 75.3 Å². The van der Waals surface area contributed by atoms with Gasteiger partial charge in [0.2, 0.25) is 65.0 Å². The van der Waals surface area contributed by atoms with Crippen LogP contribution < -0.4 is 74.9 Å². The average molecular weight is 1350 g/mol. The monoisotopic (exact) mass is 1350 g/mol. The number of nitrogens with one attached hydrogen (secondary N) is 14. The molecule has 1 fully saturated rings. The number of aliphatic hydroxyl groups is 4. The SMILES string of the molecule is CC[C@H](C)[C@@H]1NC(=O)[C@@H](CCCNC(=N)N)NC(=O)[C@H](CC(C)C)NC(=O)[C@H]([C@H](O)C(C)C)NC(=O)[C@@H](NC(=O)[C@H](CC(C)(C)C)NC(=O)[C@@H](CC(C)(C)C)NC(=O)OC(C)(C)C)[C@@H](c2ccccc2)NC(=O)C(CO)NC(=O)[C@H](CO)NC(=O)CNC(=O)[C@H](CO)NC1=O. The predicted molar refractivity (Wildman–Crippen MR) is 349 cm³/mol. The maximum absolute atomic E-state index is 15.6. The minimum absolute atomic E-state index is 0.0272. The van der Waals surface area contributed by atoms with Crippen LogP contribution in [0.5, 0.6) is 0 Å². The van der Waals surface area contributed by atoms with Crippen LogP contribution in [0, 0.1) is 34.0 Å². The van der Waals surface area contributed by atoms with Crippen molar-refractivity contribution in [2.24, 2.45) is 34.3 Å². The molecule has 1 aromatic carbocycles. The normalized spacial score (nSPS) is 23.7. The summed E-state index contributed by atoms with van der Waals surface area (Å²) in [7, 11) is 0. The number of ether oxygens (including phenoxy) is 1. The topological polar surface area (TPSA) is 501 Å². The lowest BCUT2D eigenvalue weighted by atomic mass is 9.86. The van der Waals surface area contributed by atoms with Gasteiger partial charge < -0.3 is 100 Å². The summed E-state index contributed by atoms with van der Waals surface area (Å²) in [5.41, 5.74) is 3.20. The van der Waals surface area contributed by atoms with E-state index in [-0.39, 0.29) is 56.6 Å². The zero-order valence-electron chi connectivity index (χ0n) is 57.5. The summed E-state index contributed by atoms with van der Waals surface area (Å²) < 4.78 is 5.47. The fraction of sp³-hybridized carbons (Fsp3) is 0.698. The number of hydrogen-bond donors (Lipinski definition) is 19. The Balaban J connectivity index is 3.12. The summed E-state index contributed by atoms with van der Waals surface area (Å²) in [5, 5.41) is 83.4. The van der Waals surface area contributed by atoms with E-state index >= 15 is 14.4 Å². The van der Waals surface area contributed by atoms with Crippen LogP contribution in [0.1, 0.15) is 154 Å². The van der Waals surface area contributed by atoms with Crippen LogP contribution in [0.3, 0.4) is 0 Å². The highest BCUT2D eigenvalue weighted by atomic mass is 16.6. The van der Waals surface area contributed by atoms with Gasteiger partial charge >= 0.3 is 6.09 Å². The molecule has 0 aliphatic carbocycles. The average Bonchev–Trinajstić information content (AvgIpc) is 0.819. The van der Waals surface area contributed by atoms with Crippen molar-refractivity contribution in [2.45, 2.75) is 221 Å². The molecule has 0 bridgehead atoms. The van der Waals surface area contributed by atoms with E-state index in [1.165, 1.54) is 38.1 Å². The molecule has 1 saturated heterocycles. The van der Waals surface area contributed by atoms with E-state index in [4.69, 9.17) is 15.9 Å². The first-order chi connectivity index (χ1) is 44.0. The molecule has 1 unspecified atom stereocenters. The number of nitrogens with two attached hydrogens (primary N) is 1. The zero-order valence-corrected chi connectivity index (χ0v) is 57.5. The van der Waals surface area contributed by atoms with Crippen LogP contribution >= 0.6 is 0 Å². The van der Waals surface area contributed by atoms with Gasteiger partial charge in [-0.1, -0.05) is 120 Å². The van der Waals surface area contributed by atoms with Crippen LogP contribution in [-0.2, 0) is 57.5 Å². The highest BCUT2D eigenvalue weighted by Gasteiger charge is 2.43. The van der Waals surface area contributed by atoms with Crippen molar-refractivity contribution in [3.05, 3.63) is 35.9 Å². The number of alkyl carbamates (subject to hydrolysis) is 1. The Kier molecular flexibility index (Phi) is 33.5. The summed E-state index contributed by atoms with van der Waals surface area (Å²) in [6.07, 6.45) is -2.82. The maximum Gasteiger partial charge on any atom is 0.408 e. The predicted octanol–water partition coefficient (Wildman–Crippen LogP) is -2.55. The van der Waals surface area contributed by atoms with Gasteiger partial charge in [0, 0.05) is 6.54 Å². The van der Waals surface area contributed by atoms with Crippen molar-refractivity contribution in [2.75, 3.05) is 32.9 Å². The Hall–Kier alpha value is -8.23. The van der Waals surface area contributed by atoms with Crippen molar-refractivity contribution >= 4 is 77.0 Å². The van der Waals surface area contributed by atoms with Crippen LogP contribution in [0.15, 0.2) is 30.3 Å². The number of amides is 12. The van der Waals surface area contributed by atoms with Gasteiger partial charge in [0.15, 0.2) is 5.96 Å². The number of carbonyl (C=O) groups is 12. The number of benzene rings is 1. The van der Waals surface area contributed by atoms with Crippen LogP contribution in [0.4, 0.5) is 4.79 Å². The van der Waals surface area contributed by atoms with Gasteiger partial charge in [-0.25, -0.2) is 4.79 Å². The van der Waals surface area contributed by atoms with Gasteiger partial charge in [0.1, 0.15) is 66.0 Å². The van der Waals surface area contributed by atoms with E-state index < -0.39 is 204 Å². The van der Waals surface area contributed by atoms with Crippen LogP contribution in [0.2, 0.25) is 0 Å². The smallest absolute Gasteiger partial charge is 0.408 e. The van der Waals surface area contributed by atoms with Gasteiger partial charge in [0.05, 0.1) is 38.5 Å². The highest BCUT2D eigenvalue weighted by Crippen LogP contribution is 2.26. The Labute approximate surface area is 556 Å². The molecule has 1 aliphatic heterocycles. The van der Waals surface area contributed by atoms with Crippen LogP contribution in [0.25, 0.3) is 0 Å². The Morgan fingerprint density at radius 3 is 1.60 bits per heavy atom. The third-order valence-electron chi connectivity index (χ3n) is 14.9. The molecule has 2 rings (SSSR count). The molecule has 32 nitrogen and oxygen atoms in total.